The van der Waals surface area contributed by atoms with Crippen LogP contribution in [0.25, 0.3) is 39.0 Å². The van der Waals surface area contributed by atoms with E-state index < -0.39 is 0 Å². The van der Waals surface area contributed by atoms with E-state index in [0.717, 1.165) is 50.5 Å². The number of anilines is 3. The summed E-state index contributed by atoms with van der Waals surface area (Å²) in [5.74, 6) is 0. The largest absolute Gasteiger partial charge is 0.310 e. The SMILES string of the molecule is C=C/C=C\C(=C)C(=C)/C(=C\C=C)c1ccc(N(c2ccc(-c3ccccc3)cc2)c2ccc(-c3ccccc3)cc2)cc1-c1ccccc1. The summed E-state index contributed by atoms with van der Waals surface area (Å²) in [5.41, 5.74) is 13.7. The van der Waals surface area contributed by atoms with Crippen molar-refractivity contribution in [3.8, 4) is 33.4 Å². The van der Waals surface area contributed by atoms with Crippen molar-refractivity contribution >= 4 is 22.6 Å². The molecule has 236 valence electrons. The molecular weight excluding hydrogens is 591 g/mol. The summed E-state index contributed by atoms with van der Waals surface area (Å²) < 4.78 is 0. The van der Waals surface area contributed by atoms with E-state index in [1.54, 1.807) is 6.08 Å². The summed E-state index contributed by atoms with van der Waals surface area (Å²) in [6.45, 7) is 16.6. The zero-order chi connectivity index (χ0) is 34.0. The number of nitrogens with zero attached hydrogens (tertiary/aromatic N) is 1. The smallest absolute Gasteiger partial charge is 0.0468 e. The van der Waals surface area contributed by atoms with Crippen LogP contribution in [0.5, 0.6) is 0 Å². The van der Waals surface area contributed by atoms with E-state index in [0.29, 0.717) is 0 Å². The maximum atomic E-state index is 4.45. The van der Waals surface area contributed by atoms with Crippen LogP contribution >= 0.6 is 0 Å². The molecule has 1 heteroatoms. The van der Waals surface area contributed by atoms with Gasteiger partial charge in [0.2, 0.25) is 0 Å². The van der Waals surface area contributed by atoms with Crippen molar-refractivity contribution in [2.45, 2.75) is 0 Å². The first-order valence-electron chi connectivity index (χ1n) is 16.4. The van der Waals surface area contributed by atoms with Crippen molar-refractivity contribution < 1.29 is 0 Å². The Morgan fingerprint density at radius 2 is 0.918 bits per heavy atom. The van der Waals surface area contributed by atoms with Crippen molar-refractivity contribution in [1.29, 1.82) is 0 Å². The van der Waals surface area contributed by atoms with Gasteiger partial charge in [0, 0.05) is 17.1 Å². The Morgan fingerprint density at radius 3 is 1.39 bits per heavy atom. The zero-order valence-electron chi connectivity index (χ0n) is 27.7. The second kappa shape index (κ2) is 15.4. The Hall–Kier alpha value is -6.44. The first-order chi connectivity index (χ1) is 24.1. The Kier molecular flexibility index (Phi) is 10.2. The predicted molar refractivity (Wildman–Crippen MR) is 213 cm³/mol. The van der Waals surface area contributed by atoms with Gasteiger partial charge in [-0.3, -0.25) is 0 Å². The molecule has 6 aromatic rings. The fraction of sp³-hybridized carbons (Fsp3) is 0. The lowest BCUT2D eigenvalue weighted by molar-refractivity contribution is 1.28. The number of hydrogen-bond donors (Lipinski definition) is 0. The van der Waals surface area contributed by atoms with Crippen LogP contribution in [0.15, 0.2) is 226 Å². The fourth-order valence-corrected chi connectivity index (χ4v) is 6.01. The quantitative estimate of drug-likeness (QED) is 0.122. The number of allylic oxidation sites excluding steroid dienone is 8. The fourth-order valence-electron chi connectivity index (χ4n) is 6.01. The third-order valence-electron chi connectivity index (χ3n) is 8.53. The monoisotopic (exact) mass is 629 g/mol. The maximum Gasteiger partial charge on any atom is 0.0468 e. The molecule has 49 heavy (non-hydrogen) atoms. The molecule has 0 aromatic heterocycles. The lowest BCUT2D eigenvalue weighted by Crippen LogP contribution is -2.10. The van der Waals surface area contributed by atoms with Gasteiger partial charge in [-0.05, 0) is 92.1 Å². The van der Waals surface area contributed by atoms with E-state index in [-0.39, 0.29) is 0 Å². The van der Waals surface area contributed by atoms with Crippen LogP contribution in [0, 0.1) is 0 Å². The number of hydrogen-bond acceptors (Lipinski definition) is 1. The van der Waals surface area contributed by atoms with E-state index in [2.05, 4.69) is 171 Å². The molecule has 6 aromatic carbocycles. The molecule has 0 heterocycles. The highest BCUT2D eigenvalue weighted by Gasteiger charge is 2.19. The first-order valence-corrected chi connectivity index (χ1v) is 16.4. The van der Waals surface area contributed by atoms with Crippen LogP contribution in [0.2, 0.25) is 0 Å². The minimum absolute atomic E-state index is 0.815. The van der Waals surface area contributed by atoms with Gasteiger partial charge in [0.25, 0.3) is 0 Å². The first kappa shape index (κ1) is 32.5. The average molecular weight is 630 g/mol. The van der Waals surface area contributed by atoms with Crippen molar-refractivity contribution in [3.63, 3.8) is 0 Å². The molecule has 0 N–H and O–H groups in total. The molecule has 0 aliphatic carbocycles. The summed E-state index contributed by atoms with van der Waals surface area (Å²) in [7, 11) is 0. The second-order valence-electron chi connectivity index (χ2n) is 11.7. The van der Waals surface area contributed by atoms with Crippen molar-refractivity contribution in [2.75, 3.05) is 4.90 Å². The molecule has 0 atom stereocenters. The van der Waals surface area contributed by atoms with Gasteiger partial charge >= 0.3 is 0 Å². The van der Waals surface area contributed by atoms with Crippen molar-refractivity contribution in [1.82, 2.24) is 0 Å². The van der Waals surface area contributed by atoms with Crippen LogP contribution in [-0.4, -0.2) is 0 Å². The standard InChI is InChI=1S/C48H39N/c1-5-7-18-36(3)37(4)46(17-6-2)47-34-33-45(35-48(47)42-23-15-10-16-24-42)49(43-29-25-40(26-30-43)38-19-11-8-12-20-38)44-31-27-41(28-32-44)39-21-13-9-14-22-39/h5-35H,1-4H2/b18-7-,46-17+. The van der Waals surface area contributed by atoms with E-state index >= 15 is 0 Å². The van der Waals surface area contributed by atoms with E-state index in [4.69, 9.17) is 0 Å². The van der Waals surface area contributed by atoms with Crippen LogP contribution in [0.3, 0.4) is 0 Å². The molecule has 1 nitrogen and oxygen atoms in total. The van der Waals surface area contributed by atoms with Gasteiger partial charge in [-0.1, -0.05) is 178 Å². The highest BCUT2D eigenvalue weighted by Crippen LogP contribution is 2.42. The van der Waals surface area contributed by atoms with Crippen molar-refractivity contribution in [3.05, 3.63) is 231 Å². The van der Waals surface area contributed by atoms with Gasteiger partial charge in [0.05, 0.1) is 0 Å². The molecule has 0 radical (unpaired) electrons. The third-order valence-corrected chi connectivity index (χ3v) is 8.53. The summed E-state index contributed by atoms with van der Waals surface area (Å²) in [5, 5.41) is 0. The lowest BCUT2D eigenvalue weighted by atomic mass is 9.87. The molecule has 6 rings (SSSR count). The Morgan fingerprint density at radius 1 is 0.469 bits per heavy atom. The lowest BCUT2D eigenvalue weighted by Gasteiger charge is -2.27. The average Bonchev–Trinajstić information content (AvgIpc) is 3.17. The minimum Gasteiger partial charge on any atom is -0.310 e. The highest BCUT2D eigenvalue weighted by molar-refractivity contribution is 5.94. The topological polar surface area (TPSA) is 3.24 Å². The molecule has 0 aliphatic rings. The molecule has 0 bridgehead atoms. The van der Waals surface area contributed by atoms with Gasteiger partial charge in [-0.25, -0.2) is 0 Å². The van der Waals surface area contributed by atoms with Gasteiger partial charge < -0.3 is 4.90 Å². The van der Waals surface area contributed by atoms with Crippen molar-refractivity contribution in [2.24, 2.45) is 0 Å². The van der Waals surface area contributed by atoms with Gasteiger partial charge in [-0.2, -0.15) is 0 Å². The maximum absolute atomic E-state index is 4.45. The molecule has 0 unspecified atom stereocenters. The zero-order valence-corrected chi connectivity index (χ0v) is 27.7. The molecule has 0 fully saturated rings. The molecule has 0 saturated carbocycles. The van der Waals surface area contributed by atoms with E-state index in [1.165, 1.54) is 22.3 Å². The second-order valence-corrected chi connectivity index (χ2v) is 11.7. The minimum atomic E-state index is 0.815. The third kappa shape index (κ3) is 7.43. The number of rotatable bonds is 12. The van der Waals surface area contributed by atoms with E-state index in [1.807, 2.05) is 42.5 Å². The van der Waals surface area contributed by atoms with Crippen LogP contribution in [-0.2, 0) is 0 Å². The Bertz CT molecular complexity index is 2050. The van der Waals surface area contributed by atoms with E-state index in [9.17, 15) is 0 Å². The van der Waals surface area contributed by atoms with Gasteiger partial charge in [0.1, 0.15) is 0 Å². The summed E-state index contributed by atoms with van der Waals surface area (Å²) >= 11 is 0. The highest BCUT2D eigenvalue weighted by atomic mass is 15.1. The molecule has 0 spiro atoms. The normalized spacial score (nSPS) is 11.2. The van der Waals surface area contributed by atoms with Gasteiger partial charge in [0.15, 0.2) is 0 Å². The van der Waals surface area contributed by atoms with Crippen LogP contribution in [0.4, 0.5) is 17.1 Å². The van der Waals surface area contributed by atoms with Crippen LogP contribution < -0.4 is 4.90 Å². The Balaban J connectivity index is 1.51. The number of benzene rings is 6. The Labute approximate surface area is 291 Å². The van der Waals surface area contributed by atoms with Crippen LogP contribution in [0.1, 0.15) is 5.56 Å². The molecular formula is C48H39N. The molecule has 0 aliphatic heterocycles. The summed E-state index contributed by atoms with van der Waals surface area (Å²) in [6.07, 6.45) is 9.38. The molecule has 0 amide bonds. The summed E-state index contributed by atoms with van der Waals surface area (Å²) in [4.78, 5) is 2.32. The summed E-state index contributed by atoms with van der Waals surface area (Å²) in [6, 6.07) is 55.7. The molecule has 0 saturated heterocycles. The predicted octanol–water partition coefficient (Wildman–Crippen LogP) is 13.6. The van der Waals surface area contributed by atoms with Gasteiger partial charge in [-0.15, -0.1) is 0 Å².